The minimum Gasteiger partial charge on any atom is -0.317 e. The van der Waals surface area contributed by atoms with E-state index >= 15 is 0 Å². The Morgan fingerprint density at radius 2 is 2.24 bits per heavy atom. The number of thiazole rings is 1. The van der Waals surface area contributed by atoms with Gasteiger partial charge in [-0.2, -0.15) is 0 Å². The molecule has 1 aliphatic rings. The highest BCUT2D eigenvalue weighted by molar-refractivity contribution is 7.09. The Balaban J connectivity index is 0.00000144. The molecule has 0 saturated carbocycles. The van der Waals surface area contributed by atoms with Gasteiger partial charge in [0.2, 0.25) is 0 Å². The zero-order valence-corrected chi connectivity index (χ0v) is 12.0. The summed E-state index contributed by atoms with van der Waals surface area (Å²) in [7, 11) is 0. The summed E-state index contributed by atoms with van der Waals surface area (Å²) >= 11 is 1.77. The molecule has 2 rings (SSSR count). The molecule has 1 aromatic rings. The fourth-order valence-corrected chi connectivity index (χ4v) is 2.87. The van der Waals surface area contributed by atoms with Crippen molar-refractivity contribution in [1.82, 2.24) is 15.2 Å². The molecule has 0 radical (unpaired) electrons. The topological polar surface area (TPSA) is 28.2 Å². The summed E-state index contributed by atoms with van der Waals surface area (Å²) in [6.45, 7) is 8.06. The first-order chi connectivity index (χ1) is 7.88. The molecule has 2 heterocycles. The maximum atomic E-state index is 4.12. The van der Waals surface area contributed by atoms with Gasteiger partial charge in [0.05, 0.1) is 5.51 Å². The summed E-state index contributed by atoms with van der Waals surface area (Å²) in [6, 6.07) is 0. The van der Waals surface area contributed by atoms with E-state index in [2.05, 4.69) is 22.1 Å². The largest absolute Gasteiger partial charge is 0.317 e. The third-order valence-corrected chi connectivity index (χ3v) is 4.02. The summed E-state index contributed by atoms with van der Waals surface area (Å²) in [6.07, 6.45) is 4.67. The average molecular weight is 276 g/mol. The van der Waals surface area contributed by atoms with E-state index in [-0.39, 0.29) is 12.4 Å². The fraction of sp³-hybridized carbons (Fsp3) is 0.750. The number of hydrogen-bond donors (Lipinski definition) is 1. The first-order valence-electron chi connectivity index (χ1n) is 6.19. The van der Waals surface area contributed by atoms with E-state index in [9.17, 15) is 0 Å². The van der Waals surface area contributed by atoms with Crippen molar-refractivity contribution in [3.8, 4) is 0 Å². The Morgan fingerprint density at radius 3 is 2.82 bits per heavy atom. The molecule has 0 aromatic carbocycles. The van der Waals surface area contributed by atoms with E-state index in [0.29, 0.717) is 0 Å². The lowest BCUT2D eigenvalue weighted by Crippen LogP contribution is -2.36. The predicted octanol–water partition coefficient (Wildman–Crippen LogP) is 2.39. The SMILES string of the molecule is CCNCC1CCN(Cc2cncs2)CC1.Cl. The summed E-state index contributed by atoms with van der Waals surface area (Å²) in [5.41, 5.74) is 1.92. The van der Waals surface area contributed by atoms with E-state index in [1.165, 1.54) is 37.4 Å². The Kier molecular flexibility index (Phi) is 7.04. The van der Waals surface area contributed by atoms with E-state index < -0.39 is 0 Å². The van der Waals surface area contributed by atoms with Gasteiger partial charge in [0.1, 0.15) is 0 Å². The van der Waals surface area contributed by atoms with Crippen molar-refractivity contribution in [2.75, 3.05) is 26.2 Å². The van der Waals surface area contributed by atoms with Crippen LogP contribution in [0.2, 0.25) is 0 Å². The van der Waals surface area contributed by atoms with Crippen molar-refractivity contribution in [2.45, 2.75) is 26.3 Å². The normalized spacial score (nSPS) is 17.9. The van der Waals surface area contributed by atoms with Gasteiger partial charge in [-0.25, -0.2) is 0 Å². The van der Waals surface area contributed by atoms with E-state index in [1.807, 2.05) is 11.7 Å². The molecule has 5 heteroatoms. The number of piperidine rings is 1. The first kappa shape index (κ1) is 14.9. The van der Waals surface area contributed by atoms with Gasteiger partial charge in [0.15, 0.2) is 0 Å². The fourth-order valence-electron chi connectivity index (χ4n) is 2.24. The van der Waals surface area contributed by atoms with Crippen LogP contribution >= 0.6 is 23.7 Å². The molecule has 17 heavy (non-hydrogen) atoms. The van der Waals surface area contributed by atoms with Crippen LogP contribution in [0.4, 0.5) is 0 Å². The van der Waals surface area contributed by atoms with E-state index in [1.54, 1.807) is 11.3 Å². The van der Waals surface area contributed by atoms with Crippen molar-refractivity contribution in [1.29, 1.82) is 0 Å². The molecule has 3 nitrogen and oxygen atoms in total. The quantitative estimate of drug-likeness (QED) is 0.894. The third-order valence-electron chi connectivity index (χ3n) is 3.25. The third kappa shape index (κ3) is 4.92. The van der Waals surface area contributed by atoms with Crippen molar-refractivity contribution in [3.05, 3.63) is 16.6 Å². The number of halogens is 1. The molecule has 1 fully saturated rings. The molecule has 98 valence electrons. The molecular formula is C12H22ClN3S. The number of rotatable bonds is 5. The number of nitrogens with zero attached hydrogens (tertiary/aromatic N) is 2. The standard InChI is InChI=1S/C12H21N3S.ClH/c1-2-13-7-11-3-5-15(6-4-11)9-12-8-14-10-16-12;/h8,10-11,13H,2-7,9H2,1H3;1H. The number of nitrogens with one attached hydrogen (secondary N) is 1. The van der Waals surface area contributed by atoms with Crippen LogP contribution in [0, 0.1) is 5.92 Å². The Bertz CT molecular complexity index is 284. The van der Waals surface area contributed by atoms with Gasteiger partial charge in [0, 0.05) is 17.6 Å². The van der Waals surface area contributed by atoms with Crippen LogP contribution in [0.1, 0.15) is 24.6 Å². The van der Waals surface area contributed by atoms with Gasteiger partial charge in [-0.3, -0.25) is 9.88 Å². The number of aromatic nitrogens is 1. The zero-order chi connectivity index (χ0) is 11.2. The highest BCUT2D eigenvalue weighted by Gasteiger charge is 2.18. The molecule has 1 aliphatic heterocycles. The van der Waals surface area contributed by atoms with Gasteiger partial charge < -0.3 is 5.32 Å². The summed E-state index contributed by atoms with van der Waals surface area (Å²) in [5.74, 6) is 0.887. The molecule has 0 spiro atoms. The molecule has 0 aliphatic carbocycles. The monoisotopic (exact) mass is 275 g/mol. The van der Waals surface area contributed by atoms with Crippen molar-refractivity contribution in [2.24, 2.45) is 5.92 Å². The van der Waals surface area contributed by atoms with Crippen molar-refractivity contribution >= 4 is 23.7 Å². The lowest BCUT2D eigenvalue weighted by Gasteiger charge is -2.31. The lowest BCUT2D eigenvalue weighted by molar-refractivity contribution is 0.177. The van der Waals surface area contributed by atoms with E-state index in [0.717, 1.165) is 19.0 Å². The minimum atomic E-state index is 0. The summed E-state index contributed by atoms with van der Waals surface area (Å²) < 4.78 is 0. The van der Waals surface area contributed by atoms with Gasteiger partial charge in [0.25, 0.3) is 0 Å². The molecule has 0 unspecified atom stereocenters. The number of likely N-dealkylation sites (tertiary alicyclic amines) is 1. The lowest BCUT2D eigenvalue weighted by atomic mass is 9.97. The summed E-state index contributed by atoms with van der Waals surface area (Å²) in [4.78, 5) is 8.07. The van der Waals surface area contributed by atoms with Crippen molar-refractivity contribution < 1.29 is 0 Å². The Hall–Kier alpha value is -0.160. The van der Waals surface area contributed by atoms with Crippen LogP contribution < -0.4 is 5.32 Å². The highest BCUT2D eigenvalue weighted by Crippen LogP contribution is 2.19. The van der Waals surface area contributed by atoms with Crippen LogP contribution in [0.3, 0.4) is 0 Å². The number of hydrogen-bond acceptors (Lipinski definition) is 4. The van der Waals surface area contributed by atoms with Crippen LogP contribution in [0.25, 0.3) is 0 Å². The molecule has 1 N–H and O–H groups in total. The second-order valence-corrected chi connectivity index (χ2v) is 5.47. The second kappa shape index (κ2) is 8.03. The first-order valence-corrected chi connectivity index (χ1v) is 7.07. The Labute approximate surface area is 114 Å². The summed E-state index contributed by atoms with van der Waals surface area (Å²) in [5, 5.41) is 3.45. The maximum absolute atomic E-state index is 4.12. The molecule has 0 atom stereocenters. The highest BCUT2D eigenvalue weighted by atomic mass is 35.5. The van der Waals surface area contributed by atoms with Gasteiger partial charge in [-0.05, 0) is 44.9 Å². The molecule has 1 saturated heterocycles. The average Bonchev–Trinajstić information content (AvgIpc) is 2.81. The maximum Gasteiger partial charge on any atom is 0.0794 e. The molecule has 0 amide bonds. The van der Waals surface area contributed by atoms with Crippen LogP contribution in [-0.2, 0) is 6.54 Å². The molecular weight excluding hydrogens is 254 g/mol. The predicted molar refractivity (Wildman–Crippen MR) is 75.9 cm³/mol. The van der Waals surface area contributed by atoms with Crippen LogP contribution in [0.5, 0.6) is 0 Å². The minimum absolute atomic E-state index is 0. The Morgan fingerprint density at radius 1 is 1.47 bits per heavy atom. The van der Waals surface area contributed by atoms with Crippen molar-refractivity contribution in [3.63, 3.8) is 0 Å². The van der Waals surface area contributed by atoms with Gasteiger partial charge in [-0.15, -0.1) is 23.7 Å². The van der Waals surface area contributed by atoms with E-state index in [4.69, 9.17) is 0 Å². The zero-order valence-electron chi connectivity index (χ0n) is 10.4. The second-order valence-electron chi connectivity index (χ2n) is 4.49. The van der Waals surface area contributed by atoms with Crippen LogP contribution in [0.15, 0.2) is 11.7 Å². The van der Waals surface area contributed by atoms with Gasteiger partial charge in [-0.1, -0.05) is 6.92 Å². The smallest absolute Gasteiger partial charge is 0.0794 e. The molecule has 0 bridgehead atoms. The van der Waals surface area contributed by atoms with Gasteiger partial charge >= 0.3 is 0 Å². The van der Waals surface area contributed by atoms with Crippen LogP contribution in [-0.4, -0.2) is 36.1 Å². The molecule has 1 aromatic heterocycles.